The highest BCUT2D eigenvalue weighted by Gasteiger charge is 2.24. The molecule has 8 heteroatoms. The first-order valence-electron chi connectivity index (χ1n) is 8.08. The lowest BCUT2D eigenvalue weighted by molar-refractivity contribution is 0.208. The average molecular weight is 381 g/mol. The molecule has 138 valence electrons. The molecule has 0 aliphatic carbocycles. The fourth-order valence-electron chi connectivity index (χ4n) is 2.86. The molecule has 0 unspecified atom stereocenters. The van der Waals surface area contributed by atoms with Crippen molar-refractivity contribution in [3.05, 3.63) is 53.8 Å². The molecule has 2 aromatic carbocycles. The molecule has 2 amide bonds. The molecule has 0 radical (unpaired) electrons. The Hall–Kier alpha value is -2.35. The molecule has 0 spiro atoms. The predicted molar refractivity (Wildman–Crippen MR) is 97.3 cm³/mol. The second kappa shape index (κ2) is 7.90. The maximum Gasteiger partial charge on any atom is 0.322 e. The number of carbonyl (C=O) groups is 1. The fourth-order valence-corrected chi connectivity index (χ4v) is 3.48. The monoisotopic (exact) mass is 381 g/mol. The highest BCUT2D eigenvalue weighted by Crippen LogP contribution is 2.29. The smallest absolute Gasteiger partial charge is 0.322 e. The molecule has 4 nitrogen and oxygen atoms in total. The van der Waals surface area contributed by atoms with E-state index in [1.54, 1.807) is 11.8 Å². The Morgan fingerprint density at radius 2 is 1.69 bits per heavy atom. The summed E-state index contributed by atoms with van der Waals surface area (Å²) in [5, 5.41) is 2.31. The van der Waals surface area contributed by atoms with Crippen LogP contribution in [0.2, 0.25) is 0 Å². The van der Waals surface area contributed by atoms with Crippen LogP contribution < -0.4 is 10.2 Å². The minimum Gasteiger partial charge on any atom is -0.367 e. The van der Waals surface area contributed by atoms with Crippen LogP contribution in [0.15, 0.2) is 41.3 Å². The highest BCUT2D eigenvalue weighted by atomic mass is 32.2. The van der Waals surface area contributed by atoms with Gasteiger partial charge in [-0.25, -0.2) is 18.0 Å². The Kier molecular flexibility index (Phi) is 5.61. The molecule has 1 heterocycles. The summed E-state index contributed by atoms with van der Waals surface area (Å²) in [5.41, 5.74) is 0.746. The molecule has 1 aliphatic heterocycles. The van der Waals surface area contributed by atoms with E-state index in [0.29, 0.717) is 26.2 Å². The summed E-state index contributed by atoms with van der Waals surface area (Å²) >= 11 is 1.66. The molecule has 1 N–H and O–H groups in total. The van der Waals surface area contributed by atoms with Gasteiger partial charge in [0, 0.05) is 31.1 Å². The summed E-state index contributed by atoms with van der Waals surface area (Å²) in [6.45, 7) is 2.15. The van der Waals surface area contributed by atoms with E-state index in [0.717, 1.165) is 22.7 Å². The van der Waals surface area contributed by atoms with Crippen molar-refractivity contribution < 1.29 is 18.0 Å². The number of hydrogen-bond donors (Lipinski definition) is 1. The number of thioether (sulfide) groups is 1. The lowest BCUT2D eigenvalue weighted by atomic mass is 10.2. The number of anilines is 2. The van der Waals surface area contributed by atoms with Crippen molar-refractivity contribution in [2.45, 2.75) is 4.90 Å². The number of para-hydroxylation sites is 1. The van der Waals surface area contributed by atoms with E-state index in [9.17, 15) is 18.0 Å². The number of nitrogens with one attached hydrogen (secondary N) is 1. The van der Waals surface area contributed by atoms with Crippen molar-refractivity contribution in [3.63, 3.8) is 0 Å². The molecule has 1 saturated heterocycles. The van der Waals surface area contributed by atoms with Gasteiger partial charge in [0.05, 0.1) is 11.4 Å². The normalized spacial score (nSPS) is 14.5. The second-order valence-electron chi connectivity index (χ2n) is 5.80. The average Bonchev–Trinajstić information content (AvgIpc) is 2.68. The third-order valence-corrected chi connectivity index (χ3v) is 5.05. The molecule has 0 atom stereocenters. The molecular formula is C18H18F3N3OS. The summed E-state index contributed by atoms with van der Waals surface area (Å²) in [6, 6.07) is 9.30. The first-order chi connectivity index (χ1) is 12.5. The van der Waals surface area contributed by atoms with Gasteiger partial charge in [0.15, 0.2) is 17.5 Å². The Morgan fingerprint density at radius 3 is 2.38 bits per heavy atom. The van der Waals surface area contributed by atoms with E-state index < -0.39 is 23.5 Å². The van der Waals surface area contributed by atoms with Crippen LogP contribution in [0.25, 0.3) is 0 Å². The van der Waals surface area contributed by atoms with Crippen molar-refractivity contribution in [3.8, 4) is 0 Å². The van der Waals surface area contributed by atoms with Crippen molar-refractivity contribution in [1.82, 2.24) is 4.90 Å². The van der Waals surface area contributed by atoms with Crippen molar-refractivity contribution in [2.75, 3.05) is 42.7 Å². The van der Waals surface area contributed by atoms with Gasteiger partial charge in [-0.2, -0.15) is 0 Å². The van der Waals surface area contributed by atoms with Crippen LogP contribution in [-0.2, 0) is 0 Å². The Labute approximate surface area is 154 Å². The number of urea groups is 1. The zero-order valence-electron chi connectivity index (χ0n) is 14.1. The van der Waals surface area contributed by atoms with E-state index >= 15 is 0 Å². The summed E-state index contributed by atoms with van der Waals surface area (Å²) in [4.78, 5) is 17.2. The zero-order chi connectivity index (χ0) is 18.7. The van der Waals surface area contributed by atoms with Gasteiger partial charge >= 0.3 is 6.03 Å². The Balaban J connectivity index is 1.63. The number of amides is 2. The summed E-state index contributed by atoms with van der Waals surface area (Å²) in [5.74, 6) is -4.28. The van der Waals surface area contributed by atoms with Crippen molar-refractivity contribution in [2.24, 2.45) is 0 Å². The Bertz CT molecular complexity index is 810. The lowest BCUT2D eigenvalue weighted by Gasteiger charge is -2.36. The summed E-state index contributed by atoms with van der Waals surface area (Å²) < 4.78 is 39.9. The first kappa shape index (κ1) is 18.4. The number of piperazine rings is 1. The van der Waals surface area contributed by atoms with Gasteiger partial charge in [-0.3, -0.25) is 0 Å². The molecular weight excluding hydrogens is 363 g/mol. The van der Waals surface area contributed by atoms with Crippen LogP contribution in [0.5, 0.6) is 0 Å². The number of rotatable bonds is 3. The number of hydrogen-bond acceptors (Lipinski definition) is 3. The minimum absolute atomic E-state index is 0.371. The molecule has 0 aromatic heterocycles. The first-order valence-corrected chi connectivity index (χ1v) is 9.31. The number of nitrogens with zero attached hydrogens (tertiary/aromatic N) is 2. The summed E-state index contributed by atoms with van der Waals surface area (Å²) in [6.07, 6.45) is 2.01. The molecule has 1 fully saturated rings. The van der Waals surface area contributed by atoms with Crippen molar-refractivity contribution >= 4 is 29.2 Å². The quantitative estimate of drug-likeness (QED) is 0.640. The van der Waals surface area contributed by atoms with E-state index in [4.69, 9.17) is 0 Å². The maximum absolute atomic E-state index is 13.7. The fraction of sp³-hybridized carbons (Fsp3) is 0.278. The predicted octanol–water partition coefficient (Wildman–Crippen LogP) is 4.18. The van der Waals surface area contributed by atoms with Crippen molar-refractivity contribution in [1.29, 1.82) is 0 Å². The van der Waals surface area contributed by atoms with Gasteiger partial charge in [0.1, 0.15) is 0 Å². The highest BCUT2D eigenvalue weighted by molar-refractivity contribution is 7.98. The largest absolute Gasteiger partial charge is 0.367 e. The van der Waals surface area contributed by atoms with E-state index in [1.165, 1.54) is 4.90 Å². The van der Waals surface area contributed by atoms with E-state index in [-0.39, 0.29) is 5.69 Å². The molecule has 0 bridgehead atoms. The molecule has 26 heavy (non-hydrogen) atoms. The number of halogens is 3. The molecule has 2 aromatic rings. The standard InChI is InChI=1S/C18H18F3N3OS/c1-26-15-5-3-2-4-14(15)23-8-10-24(11-9-23)18(25)22-13-7-6-12(19)16(20)17(13)21/h2-7H,8-11H2,1H3,(H,22,25). The topological polar surface area (TPSA) is 35.6 Å². The van der Waals surface area contributed by atoms with Crippen LogP contribution in [0.3, 0.4) is 0 Å². The third-order valence-electron chi connectivity index (χ3n) is 4.27. The Morgan fingerprint density at radius 1 is 1.00 bits per heavy atom. The van der Waals surface area contributed by atoms with Gasteiger partial charge in [0.25, 0.3) is 0 Å². The third kappa shape index (κ3) is 3.75. The molecule has 3 rings (SSSR count). The maximum atomic E-state index is 13.7. The van der Waals surface area contributed by atoms with Gasteiger partial charge in [0.2, 0.25) is 0 Å². The van der Waals surface area contributed by atoms with E-state index in [1.807, 2.05) is 30.5 Å². The lowest BCUT2D eigenvalue weighted by Crippen LogP contribution is -2.50. The number of carbonyl (C=O) groups excluding carboxylic acids is 1. The van der Waals surface area contributed by atoms with Gasteiger partial charge in [-0.05, 0) is 30.5 Å². The van der Waals surface area contributed by atoms with Crippen LogP contribution in [0, 0.1) is 17.5 Å². The van der Waals surface area contributed by atoms with Crippen LogP contribution in [0.4, 0.5) is 29.3 Å². The minimum atomic E-state index is -1.60. The van der Waals surface area contributed by atoms with Gasteiger partial charge in [-0.1, -0.05) is 12.1 Å². The number of benzene rings is 2. The summed E-state index contributed by atoms with van der Waals surface area (Å²) in [7, 11) is 0. The van der Waals surface area contributed by atoms with Crippen LogP contribution in [-0.4, -0.2) is 43.4 Å². The zero-order valence-corrected chi connectivity index (χ0v) is 15.0. The molecule has 0 saturated carbocycles. The van der Waals surface area contributed by atoms with Crippen LogP contribution in [0.1, 0.15) is 0 Å². The molecule has 1 aliphatic rings. The SMILES string of the molecule is CSc1ccccc1N1CCN(C(=O)Nc2ccc(F)c(F)c2F)CC1. The second-order valence-corrected chi connectivity index (χ2v) is 6.65. The van der Waals surface area contributed by atoms with Gasteiger partial charge < -0.3 is 15.1 Å². The van der Waals surface area contributed by atoms with E-state index in [2.05, 4.69) is 10.2 Å². The van der Waals surface area contributed by atoms with Crippen LogP contribution >= 0.6 is 11.8 Å². The van der Waals surface area contributed by atoms with Gasteiger partial charge in [-0.15, -0.1) is 11.8 Å².